The highest BCUT2D eigenvalue weighted by Crippen LogP contribution is 2.73. The number of carbonyl (C=O) groups is 1. The van der Waals surface area contributed by atoms with E-state index >= 15 is 0 Å². The summed E-state index contributed by atoms with van der Waals surface area (Å²) in [7, 11) is 0. The first-order valence-corrected chi connectivity index (χ1v) is 10.4. The van der Waals surface area contributed by atoms with Crippen LogP contribution in [0.1, 0.15) is 65.7 Å². The summed E-state index contributed by atoms with van der Waals surface area (Å²) in [6.07, 6.45) is 9.02. The Kier molecular flexibility index (Phi) is 3.38. The second kappa shape index (κ2) is 5.11. The standard InChI is InChI=1S/C22H30F2O2/c1-12(25)26-18-7-6-14-13-4-5-16-19-17(22(19,23)24)9-10-20(16,2)15(13)8-11-21(14,18)3/h5,13-15,17-19H,4,6-11H2,1-3H3/t13-,14-,15-,17?,18-,19?,20+,21-/m0/s1. The van der Waals surface area contributed by atoms with E-state index in [0.29, 0.717) is 24.2 Å². The van der Waals surface area contributed by atoms with Gasteiger partial charge in [-0.2, -0.15) is 0 Å². The van der Waals surface area contributed by atoms with Crippen molar-refractivity contribution in [3.63, 3.8) is 0 Å². The lowest BCUT2D eigenvalue weighted by Gasteiger charge is -2.57. The van der Waals surface area contributed by atoms with Crippen LogP contribution in [0.4, 0.5) is 8.78 Å². The first-order chi connectivity index (χ1) is 12.2. The average molecular weight is 364 g/mol. The van der Waals surface area contributed by atoms with Gasteiger partial charge in [-0.3, -0.25) is 4.79 Å². The summed E-state index contributed by atoms with van der Waals surface area (Å²) in [5, 5.41) is 0. The molecule has 2 nitrogen and oxygen atoms in total. The van der Waals surface area contributed by atoms with E-state index in [9.17, 15) is 13.6 Å². The molecule has 0 heterocycles. The van der Waals surface area contributed by atoms with Crippen LogP contribution in [0.3, 0.4) is 0 Å². The average Bonchev–Trinajstić information content (AvgIpc) is 2.96. The predicted molar refractivity (Wildman–Crippen MR) is 94.6 cm³/mol. The van der Waals surface area contributed by atoms with Gasteiger partial charge in [0.1, 0.15) is 6.10 Å². The van der Waals surface area contributed by atoms with Gasteiger partial charge in [-0.25, -0.2) is 8.78 Å². The number of esters is 1. The fourth-order valence-electron chi connectivity index (χ4n) is 7.90. The van der Waals surface area contributed by atoms with Crippen LogP contribution in [-0.2, 0) is 9.53 Å². The summed E-state index contributed by atoms with van der Waals surface area (Å²) in [5.74, 6) is -1.84. The number of fused-ring (bicyclic) bond motifs is 7. The van der Waals surface area contributed by atoms with Crippen LogP contribution in [0.2, 0.25) is 0 Å². The molecule has 0 bridgehead atoms. The minimum atomic E-state index is -2.45. The van der Waals surface area contributed by atoms with Gasteiger partial charge in [0.15, 0.2) is 0 Å². The molecule has 4 saturated carbocycles. The van der Waals surface area contributed by atoms with E-state index in [1.54, 1.807) is 0 Å². The summed E-state index contributed by atoms with van der Waals surface area (Å²) in [6, 6.07) is 0. The number of hydrogen-bond donors (Lipinski definition) is 0. The summed E-state index contributed by atoms with van der Waals surface area (Å²) < 4.78 is 34.1. The Labute approximate surface area is 154 Å². The molecule has 0 N–H and O–H groups in total. The van der Waals surface area contributed by atoms with Crippen LogP contribution in [0, 0.1) is 40.4 Å². The molecule has 0 spiro atoms. The Morgan fingerprint density at radius 1 is 1.08 bits per heavy atom. The van der Waals surface area contributed by atoms with E-state index < -0.39 is 11.8 Å². The van der Waals surface area contributed by atoms with Crippen LogP contribution in [-0.4, -0.2) is 18.0 Å². The Morgan fingerprint density at radius 2 is 1.81 bits per heavy atom. The molecule has 5 aliphatic rings. The van der Waals surface area contributed by atoms with Gasteiger partial charge in [0.2, 0.25) is 0 Å². The van der Waals surface area contributed by atoms with Gasteiger partial charge < -0.3 is 4.74 Å². The number of hydrogen-bond acceptors (Lipinski definition) is 2. The van der Waals surface area contributed by atoms with Crippen LogP contribution >= 0.6 is 0 Å². The lowest BCUT2D eigenvalue weighted by atomic mass is 9.48. The summed E-state index contributed by atoms with van der Waals surface area (Å²) in [4.78, 5) is 11.5. The number of rotatable bonds is 1. The minimum Gasteiger partial charge on any atom is -0.462 e. The molecule has 26 heavy (non-hydrogen) atoms. The maximum Gasteiger partial charge on any atom is 0.302 e. The number of carbonyl (C=O) groups excluding carboxylic acids is 1. The SMILES string of the molecule is CC(=O)O[C@H]1CC[C@H]2[C@@H]3CC=C4C5C(CC[C@]4(C)[C@H]3CC[C@]12C)C5(F)F. The first kappa shape index (κ1) is 17.2. The number of halogens is 2. The molecule has 144 valence electrons. The summed E-state index contributed by atoms with van der Waals surface area (Å²) in [6.45, 7) is 6.09. The number of allylic oxidation sites excluding steroid dienone is 2. The highest BCUT2D eigenvalue weighted by Gasteiger charge is 2.74. The molecule has 5 rings (SSSR count). The lowest BCUT2D eigenvalue weighted by molar-refractivity contribution is -0.156. The van der Waals surface area contributed by atoms with Gasteiger partial charge in [-0.15, -0.1) is 0 Å². The van der Waals surface area contributed by atoms with Crippen molar-refractivity contribution in [2.75, 3.05) is 0 Å². The molecular weight excluding hydrogens is 334 g/mol. The first-order valence-electron chi connectivity index (χ1n) is 10.4. The fraction of sp³-hybridized carbons (Fsp3) is 0.864. The monoisotopic (exact) mass is 364 g/mol. The third kappa shape index (κ3) is 1.99. The van der Waals surface area contributed by atoms with Gasteiger partial charge in [-0.1, -0.05) is 25.5 Å². The van der Waals surface area contributed by atoms with Crippen LogP contribution in [0.25, 0.3) is 0 Å². The Bertz CT molecular complexity index is 686. The highest BCUT2D eigenvalue weighted by molar-refractivity contribution is 5.66. The van der Waals surface area contributed by atoms with Crippen molar-refractivity contribution in [2.24, 2.45) is 40.4 Å². The highest BCUT2D eigenvalue weighted by atomic mass is 19.3. The Balaban J connectivity index is 1.46. The second-order valence-electron chi connectivity index (χ2n) is 10.2. The molecular formula is C22H30F2O2. The van der Waals surface area contributed by atoms with Gasteiger partial charge in [0.05, 0.1) is 5.92 Å². The number of alkyl halides is 2. The maximum absolute atomic E-state index is 14.2. The second-order valence-corrected chi connectivity index (χ2v) is 10.2. The van der Waals surface area contributed by atoms with Crippen molar-refractivity contribution in [3.05, 3.63) is 11.6 Å². The van der Waals surface area contributed by atoms with Crippen molar-refractivity contribution in [1.82, 2.24) is 0 Å². The molecule has 0 aromatic heterocycles. The van der Waals surface area contributed by atoms with Gasteiger partial charge in [0, 0.05) is 18.3 Å². The maximum atomic E-state index is 14.2. The third-order valence-corrected chi connectivity index (χ3v) is 9.26. The zero-order valence-corrected chi connectivity index (χ0v) is 16.1. The zero-order chi connectivity index (χ0) is 18.5. The number of ether oxygens (including phenoxy) is 1. The molecule has 8 atom stereocenters. The quantitative estimate of drug-likeness (QED) is 0.462. The molecule has 0 aromatic carbocycles. The predicted octanol–water partition coefficient (Wildman–Crippen LogP) is 5.37. The summed E-state index contributed by atoms with van der Waals surface area (Å²) >= 11 is 0. The summed E-state index contributed by atoms with van der Waals surface area (Å²) in [5.41, 5.74) is 1.12. The van der Waals surface area contributed by atoms with Crippen LogP contribution < -0.4 is 0 Å². The molecule has 0 radical (unpaired) electrons. The Hall–Kier alpha value is -0.930. The zero-order valence-electron chi connectivity index (χ0n) is 16.1. The van der Waals surface area contributed by atoms with Gasteiger partial charge >= 0.3 is 5.97 Å². The molecule has 5 aliphatic carbocycles. The minimum absolute atomic E-state index is 0.0348. The Morgan fingerprint density at radius 3 is 2.54 bits per heavy atom. The van der Waals surface area contributed by atoms with E-state index in [1.165, 1.54) is 6.92 Å². The van der Waals surface area contributed by atoms with Crippen molar-refractivity contribution >= 4 is 5.97 Å². The van der Waals surface area contributed by atoms with Crippen molar-refractivity contribution in [1.29, 1.82) is 0 Å². The van der Waals surface area contributed by atoms with E-state index in [0.717, 1.165) is 44.1 Å². The topological polar surface area (TPSA) is 26.3 Å². The largest absolute Gasteiger partial charge is 0.462 e. The normalized spacial score (nSPS) is 53.5. The van der Waals surface area contributed by atoms with Gasteiger partial charge in [0.25, 0.3) is 5.92 Å². The third-order valence-electron chi connectivity index (χ3n) is 9.26. The van der Waals surface area contributed by atoms with E-state index in [4.69, 9.17) is 4.74 Å². The molecule has 2 unspecified atom stereocenters. The molecule has 4 fully saturated rings. The molecule has 0 amide bonds. The van der Waals surface area contributed by atoms with E-state index in [-0.39, 0.29) is 28.8 Å². The van der Waals surface area contributed by atoms with Crippen molar-refractivity contribution in [2.45, 2.75) is 77.7 Å². The molecule has 0 aliphatic heterocycles. The van der Waals surface area contributed by atoms with Crippen molar-refractivity contribution in [3.8, 4) is 0 Å². The van der Waals surface area contributed by atoms with Crippen molar-refractivity contribution < 1.29 is 18.3 Å². The molecule has 0 aromatic rings. The molecule has 4 heteroatoms. The smallest absolute Gasteiger partial charge is 0.302 e. The van der Waals surface area contributed by atoms with Crippen LogP contribution in [0.15, 0.2) is 11.6 Å². The fourth-order valence-corrected chi connectivity index (χ4v) is 7.90. The lowest BCUT2D eigenvalue weighted by Crippen LogP contribution is -2.51. The molecule has 0 saturated heterocycles. The van der Waals surface area contributed by atoms with Gasteiger partial charge in [-0.05, 0) is 68.1 Å². The van der Waals surface area contributed by atoms with Crippen LogP contribution in [0.5, 0.6) is 0 Å². The van der Waals surface area contributed by atoms with E-state index in [2.05, 4.69) is 19.9 Å². The van der Waals surface area contributed by atoms with E-state index in [1.807, 2.05) is 0 Å².